The summed E-state index contributed by atoms with van der Waals surface area (Å²) in [5, 5.41) is 2.40. The number of aromatic nitrogens is 1. The molecule has 0 saturated carbocycles. The third kappa shape index (κ3) is 5.95. The summed E-state index contributed by atoms with van der Waals surface area (Å²) in [5.41, 5.74) is 16.3. The number of rotatable bonds is 8. The number of fused-ring (bicyclic) bond motifs is 3. The van der Waals surface area contributed by atoms with Crippen molar-refractivity contribution in [3.63, 3.8) is 0 Å². The second-order valence-electron chi connectivity index (χ2n) is 14.1. The fourth-order valence-corrected chi connectivity index (χ4v) is 8.23. The van der Waals surface area contributed by atoms with Crippen molar-refractivity contribution in [2.75, 3.05) is 4.90 Å². The highest BCUT2D eigenvalue weighted by atomic mass is 15.1. The van der Waals surface area contributed by atoms with E-state index in [1.807, 2.05) is 0 Å². The zero-order chi connectivity index (χ0) is 37.3. The first-order valence-corrected chi connectivity index (χ1v) is 19.2. The van der Waals surface area contributed by atoms with Gasteiger partial charge in [0.15, 0.2) is 0 Å². The molecule has 1 aromatic heterocycles. The van der Waals surface area contributed by atoms with Gasteiger partial charge in [-0.25, -0.2) is 0 Å². The summed E-state index contributed by atoms with van der Waals surface area (Å²) in [6.45, 7) is 0. The minimum Gasteiger partial charge on any atom is -0.310 e. The molecule has 2 heteroatoms. The van der Waals surface area contributed by atoms with Gasteiger partial charge >= 0.3 is 0 Å². The van der Waals surface area contributed by atoms with E-state index < -0.39 is 0 Å². The van der Waals surface area contributed by atoms with Crippen LogP contribution in [-0.4, -0.2) is 4.57 Å². The van der Waals surface area contributed by atoms with E-state index in [2.05, 4.69) is 240 Å². The van der Waals surface area contributed by atoms with Crippen LogP contribution in [0.5, 0.6) is 0 Å². The van der Waals surface area contributed by atoms with Crippen molar-refractivity contribution in [1.82, 2.24) is 4.57 Å². The fraction of sp³-hybridized carbons (Fsp3) is 0. The Kier molecular flexibility index (Phi) is 8.55. The van der Waals surface area contributed by atoms with Crippen LogP contribution in [0.25, 0.3) is 72.0 Å². The molecule has 0 atom stereocenters. The second kappa shape index (κ2) is 14.4. The Morgan fingerprint density at radius 3 is 1.32 bits per heavy atom. The van der Waals surface area contributed by atoms with Crippen LogP contribution < -0.4 is 4.90 Å². The standard InChI is InChI=1S/C54H38N2/c1-5-17-39(18-6-1)41-31-35-45(36-32-41)55(46-37-33-42(34-38-46)40-19-7-2-8-20-40)51-29-16-30-52-54(51)48-25-13-14-27-49(48)56(52)50-28-15-26-47(43-21-9-3-10-22-43)53(50)44-23-11-4-12-24-44/h1-38H. The van der Waals surface area contributed by atoms with Crippen molar-refractivity contribution >= 4 is 38.9 Å². The fourth-order valence-electron chi connectivity index (χ4n) is 8.23. The number of benzene rings is 9. The molecule has 0 N–H and O–H groups in total. The van der Waals surface area contributed by atoms with Crippen molar-refractivity contribution < 1.29 is 0 Å². The van der Waals surface area contributed by atoms with Gasteiger partial charge in [-0.3, -0.25) is 0 Å². The monoisotopic (exact) mass is 714 g/mol. The van der Waals surface area contributed by atoms with E-state index in [9.17, 15) is 0 Å². The Balaban J connectivity index is 1.22. The van der Waals surface area contributed by atoms with E-state index >= 15 is 0 Å². The van der Waals surface area contributed by atoms with Gasteiger partial charge in [-0.15, -0.1) is 0 Å². The molecule has 0 aliphatic heterocycles. The Bertz CT molecular complexity index is 2830. The molecule has 0 amide bonds. The first-order chi connectivity index (χ1) is 27.8. The largest absolute Gasteiger partial charge is 0.310 e. The lowest BCUT2D eigenvalue weighted by molar-refractivity contribution is 1.18. The minimum absolute atomic E-state index is 1.09. The molecule has 56 heavy (non-hydrogen) atoms. The predicted molar refractivity (Wildman–Crippen MR) is 237 cm³/mol. The number of anilines is 3. The average Bonchev–Trinajstić information content (AvgIpc) is 3.63. The van der Waals surface area contributed by atoms with Crippen molar-refractivity contribution in [2.45, 2.75) is 0 Å². The molecule has 2 nitrogen and oxygen atoms in total. The topological polar surface area (TPSA) is 8.17 Å². The smallest absolute Gasteiger partial charge is 0.0562 e. The van der Waals surface area contributed by atoms with Crippen LogP contribution in [0.4, 0.5) is 17.1 Å². The molecule has 10 rings (SSSR count). The molecule has 0 fully saturated rings. The second-order valence-corrected chi connectivity index (χ2v) is 14.1. The summed E-state index contributed by atoms with van der Waals surface area (Å²) >= 11 is 0. The lowest BCUT2D eigenvalue weighted by Gasteiger charge is -2.27. The summed E-state index contributed by atoms with van der Waals surface area (Å²) < 4.78 is 2.47. The molecule has 9 aromatic carbocycles. The Morgan fingerprint density at radius 1 is 0.304 bits per heavy atom. The highest BCUT2D eigenvalue weighted by molar-refractivity contribution is 6.17. The summed E-state index contributed by atoms with van der Waals surface area (Å²) in [6, 6.07) is 83.0. The number of para-hydroxylation sites is 1. The maximum absolute atomic E-state index is 2.47. The molecule has 0 spiro atoms. The molecule has 10 aromatic rings. The zero-order valence-electron chi connectivity index (χ0n) is 30.8. The van der Waals surface area contributed by atoms with E-state index in [0.29, 0.717) is 0 Å². The Morgan fingerprint density at radius 2 is 0.750 bits per heavy atom. The third-order valence-corrected chi connectivity index (χ3v) is 10.8. The molecule has 0 aliphatic carbocycles. The van der Waals surface area contributed by atoms with Crippen molar-refractivity contribution in [2.24, 2.45) is 0 Å². The first kappa shape index (κ1) is 33.2. The molecule has 1 heterocycles. The lowest BCUT2D eigenvalue weighted by atomic mass is 9.93. The van der Waals surface area contributed by atoms with Gasteiger partial charge in [-0.2, -0.15) is 0 Å². The number of hydrogen-bond donors (Lipinski definition) is 0. The minimum atomic E-state index is 1.09. The average molecular weight is 715 g/mol. The van der Waals surface area contributed by atoms with Gasteiger partial charge in [-0.05, 0) is 87.5 Å². The van der Waals surface area contributed by atoms with Gasteiger partial charge in [0.1, 0.15) is 0 Å². The summed E-state index contributed by atoms with van der Waals surface area (Å²) in [4.78, 5) is 2.42. The van der Waals surface area contributed by atoms with Crippen LogP contribution in [-0.2, 0) is 0 Å². The van der Waals surface area contributed by atoms with Crippen LogP contribution in [0.1, 0.15) is 0 Å². The first-order valence-electron chi connectivity index (χ1n) is 19.2. The maximum Gasteiger partial charge on any atom is 0.0562 e. The molecular formula is C54H38N2. The molecule has 0 unspecified atom stereocenters. The number of nitrogens with zero attached hydrogens (tertiary/aromatic N) is 2. The van der Waals surface area contributed by atoms with Crippen LogP contribution in [0, 0.1) is 0 Å². The molecule has 0 saturated heterocycles. The van der Waals surface area contributed by atoms with Gasteiger partial charge in [0.2, 0.25) is 0 Å². The SMILES string of the molecule is c1ccc(-c2ccc(N(c3ccc(-c4ccccc4)cc3)c3cccc4c3c3ccccc3n4-c3cccc(-c4ccccc4)c3-c3ccccc3)cc2)cc1. The Hall–Kier alpha value is -7.42. The van der Waals surface area contributed by atoms with E-state index in [4.69, 9.17) is 0 Å². The Labute approximate surface area is 327 Å². The molecule has 0 radical (unpaired) electrons. The van der Waals surface area contributed by atoms with Crippen LogP contribution >= 0.6 is 0 Å². The molecule has 0 bridgehead atoms. The summed E-state index contributed by atoms with van der Waals surface area (Å²) in [6.07, 6.45) is 0. The molecule has 0 aliphatic rings. The summed E-state index contributed by atoms with van der Waals surface area (Å²) in [5.74, 6) is 0. The molecular weight excluding hydrogens is 677 g/mol. The summed E-state index contributed by atoms with van der Waals surface area (Å²) in [7, 11) is 0. The van der Waals surface area contributed by atoms with Gasteiger partial charge in [0, 0.05) is 27.7 Å². The normalized spacial score (nSPS) is 11.2. The van der Waals surface area contributed by atoms with E-state index in [1.54, 1.807) is 0 Å². The van der Waals surface area contributed by atoms with E-state index in [-0.39, 0.29) is 0 Å². The van der Waals surface area contributed by atoms with E-state index in [0.717, 1.165) is 33.8 Å². The van der Waals surface area contributed by atoms with E-state index in [1.165, 1.54) is 55.3 Å². The van der Waals surface area contributed by atoms with Gasteiger partial charge < -0.3 is 9.47 Å². The van der Waals surface area contributed by atoms with Crippen molar-refractivity contribution in [1.29, 1.82) is 0 Å². The zero-order valence-corrected chi connectivity index (χ0v) is 30.8. The predicted octanol–water partition coefficient (Wildman–Crippen LogP) is 14.9. The van der Waals surface area contributed by atoms with Gasteiger partial charge in [-0.1, -0.05) is 182 Å². The maximum atomic E-state index is 2.47. The van der Waals surface area contributed by atoms with Crippen LogP contribution in [0.3, 0.4) is 0 Å². The quantitative estimate of drug-likeness (QED) is 0.152. The van der Waals surface area contributed by atoms with Crippen LogP contribution in [0.2, 0.25) is 0 Å². The highest BCUT2D eigenvalue weighted by Crippen LogP contribution is 2.46. The van der Waals surface area contributed by atoms with Gasteiger partial charge in [0.25, 0.3) is 0 Å². The highest BCUT2D eigenvalue weighted by Gasteiger charge is 2.23. The van der Waals surface area contributed by atoms with Gasteiger partial charge in [0.05, 0.1) is 22.4 Å². The van der Waals surface area contributed by atoms with Crippen molar-refractivity contribution in [3.05, 3.63) is 231 Å². The lowest BCUT2D eigenvalue weighted by Crippen LogP contribution is -2.10. The molecule has 264 valence electrons. The van der Waals surface area contributed by atoms with Crippen molar-refractivity contribution in [3.8, 4) is 50.2 Å². The van der Waals surface area contributed by atoms with Crippen LogP contribution in [0.15, 0.2) is 231 Å². The third-order valence-electron chi connectivity index (χ3n) is 10.8. The number of hydrogen-bond acceptors (Lipinski definition) is 1.